The van der Waals surface area contributed by atoms with E-state index in [9.17, 15) is 9.18 Å². The maximum absolute atomic E-state index is 13.4. The van der Waals surface area contributed by atoms with Crippen molar-refractivity contribution in [3.63, 3.8) is 0 Å². The fourth-order valence-electron chi connectivity index (χ4n) is 2.47. The first-order valence-electron chi connectivity index (χ1n) is 7.11. The van der Waals surface area contributed by atoms with E-state index in [2.05, 4.69) is 10.4 Å². The van der Waals surface area contributed by atoms with E-state index in [4.69, 9.17) is 26.9 Å². The van der Waals surface area contributed by atoms with Crippen molar-refractivity contribution in [3.05, 3.63) is 51.5 Å². The van der Waals surface area contributed by atoms with Gasteiger partial charge in [-0.1, -0.05) is 11.6 Å². The van der Waals surface area contributed by atoms with Crippen LogP contribution in [-0.2, 0) is 0 Å². The van der Waals surface area contributed by atoms with Gasteiger partial charge in [-0.15, -0.1) is 0 Å². The summed E-state index contributed by atoms with van der Waals surface area (Å²) >= 11 is 5.82. The Morgan fingerprint density at radius 3 is 2.48 bits per heavy atom. The summed E-state index contributed by atoms with van der Waals surface area (Å²) in [6, 6.07) is 6.96. The molecule has 0 atom stereocenters. The van der Waals surface area contributed by atoms with E-state index >= 15 is 0 Å². The van der Waals surface area contributed by atoms with E-state index in [1.807, 2.05) is 0 Å². The molecule has 1 heterocycles. The topological polar surface area (TPSA) is 91.4 Å². The van der Waals surface area contributed by atoms with Crippen LogP contribution in [0, 0.1) is 5.82 Å². The van der Waals surface area contributed by atoms with Crippen molar-refractivity contribution in [2.24, 2.45) is 5.84 Å². The summed E-state index contributed by atoms with van der Waals surface area (Å²) in [6.07, 6.45) is 0. The number of aromatic nitrogens is 2. The first kappa shape index (κ1) is 17.0. The Bertz CT molecular complexity index is 1020. The second kappa shape index (κ2) is 6.58. The number of nitrogens with zero attached hydrogens (tertiary/aromatic N) is 2. The molecule has 9 heteroatoms. The lowest BCUT2D eigenvalue weighted by Gasteiger charge is -2.14. The number of halogens is 2. The van der Waals surface area contributed by atoms with E-state index < -0.39 is 11.4 Å². The lowest BCUT2D eigenvalue weighted by Crippen LogP contribution is -2.26. The summed E-state index contributed by atoms with van der Waals surface area (Å²) in [6.45, 7) is 0. The third-order valence-corrected chi connectivity index (χ3v) is 3.95. The summed E-state index contributed by atoms with van der Waals surface area (Å²) in [4.78, 5) is 17.3. The molecule has 0 aliphatic heterocycles. The first-order chi connectivity index (χ1) is 12.0. The summed E-state index contributed by atoms with van der Waals surface area (Å²) < 4.78 is 25.1. The van der Waals surface area contributed by atoms with Gasteiger partial charge in [0.2, 0.25) is 5.95 Å². The molecule has 0 aliphatic rings. The van der Waals surface area contributed by atoms with Gasteiger partial charge in [0.05, 0.1) is 35.8 Å². The summed E-state index contributed by atoms with van der Waals surface area (Å²) in [5.74, 6) is 5.78. The van der Waals surface area contributed by atoms with Crippen molar-refractivity contribution in [1.29, 1.82) is 0 Å². The SMILES string of the molecule is COc1cc2nc(NN)n(-c3ccc(F)c(Cl)c3)c(=O)c2cc1OC. The molecular formula is C16H14ClFN4O3. The number of rotatable bonds is 4. The van der Waals surface area contributed by atoms with Crippen LogP contribution in [0.25, 0.3) is 16.6 Å². The Morgan fingerprint density at radius 1 is 1.20 bits per heavy atom. The van der Waals surface area contributed by atoms with Gasteiger partial charge in [-0.2, -0.15) is 0 Å². The molecule has 3 rings (SSSR count). The van der Waals surface area contributed by atoms with E-state index in [1.54, 1.807) is 6.07 Å². The molecule has 0 saturated heterocycles. The van der Waals surface area contributed by atoms with Crippen LogP contribution in [0.4, 0.5) is 10.3 Å². The number of nitrogens with one attached hydrogen (secondary N) is 1. The fraction of sp³-hybridized carbons (Fsp3) is 0.125. The Morgan fingerprint density at radius 2 is 1.88 bits per heavy atom. The molecule has 0 saturated carbocycles. The number of fused-ring (bicyclic) bond motifs is 1. The molecular weight excluding hydrogens is 351 g/mol. The van der Waals surface area contributed by atoms with Crippen molar-refractivity contribution in [2.75, 3.05) is 19.6 Å². The normalized spacial score (nSPS) is 10.8. The van der Waals surface area contributed by atoms with Crippen LogP contribution in [0.1, 0.15) is 0 Å². The third-order valence-electron chi connectivity index (χ3n) is 3.66. The lowest BCUT2D eigenvalue weighted by molar-refractivity contribution is 0.355. The standard InChI is InChI=1S/C16H14ClFN4O3/c1-24-13-6-9-12(7-14(13)25-2)20-16(21-19)22(15(9)23)8-3-4-11(18)10(17)5-8/h3-7H,19H2,1-2H3,(H,20,21). The zero-order chi connectivity index (χ0) is 18.1. The average Bonchev–Trinajstić information content (AvgIpc) is 2.62. The van der Waals surface area contributed by atoms with Crippen LogP contribution in [-0.4, -0.2) is 23.8 Å². The van der Waals surface area contributed by atoms with Gasteiger partial charge in [-0.3, -0.25) is 10.2 Å². The number of methoxy groups -OCH3 is 2. The summed E-state index contributed by atoms with van der Waals surface area (Å²) in [5.41, 5.74) is 2.62. The molecule has 0 fully saturated rings. The van der Waals surface area contributed by atoms with Crippen LogP contribution in [0.2, 0.25) is 5.02 Å². The Labute approximate surface area is 146 Å². The quantitative estimate of drug-likeness (QED) is 0.546. The van der Waals surface area contributed by atoms with Crippen molar-refractivity contribution in [3.8, 4) is 17.2 Å². The van der Waals surface area contributed by atoms with E-state index in [0.29, 0.717) is 22.7 Å². The van der Waals surface area contributed by atoms with Crippen LogP contribution in [0.5, 0.6) is 11.5 Å². The number of hydrogen-bond donors (Lipinski definition) is 2. The zero-order valence-corrected chi connectivity index (χ0v) is 14.1. The molecule has 1 aromatic heterocycles. The van der Waals surface area contributed by atoms with E-state index in [0.717, 1.165) is 6.07 Å². The molecule has 25 heavy (non-hydrogen) atoms. The largest absolute Gasteiger partial charge is 0.493 e. The van der Waals surface area contributed by atoms with E-state index in [-0.39, 0.29) is 16.4 Å². The maximum atomic E-state index is 13.4. The number of anilines is 1. The van der Waals surface area contributed by atoms with Gasteiger partial charge in [-0.05, 0) is 24.3 Å². The predicted molar refractivity (Wildman–Crippen MR) is 93.2 cm³/mol. The summed E-state index contributed by atoms with van der Waals surface area (Å²) in [5, 5.41) is 0.150. The van der Waals surface area contributed by atoms with E-state index in [1.165, 1.54) is 37.0 Å². The highest BCUT2D eigenvalue weighted by molar-refractivity contribution is 6.30. The number of hydrazine groups is 1. The van der Waals surface area contributed by atoms with Crippen LogP contribution in [0.3, 0.4) is 0 Å². The number of nitrogen functional groups attached to an aromatic ring is 1. The molecule has 7 nitrogen and oxygen atoms in total. The molecule has 3 N–H and O–H groups in total. The number of benzene rings is 2. The molecule has 0 amide bonds. The maximum Gasteiger partial charge on any atom is 0.267 e. The monoisotopic (exact) mass is 364 g/mol. The van der Waals surface area contributed by atoms with Crippen molar-refractivity contribution < 1.29 is 13.9 Å². The zero-order valence-electron chi connectivity index (χ0n) is 13.3. The van der Waals surface area contributed by atoms with Gasteiger partial charge in [0.15, 0.2) is 11.5 Å². The minimum absolute atomic E-state index is 0.0624. The summed E-state index contributed by atoms with van der Waals surface area (Å²) in [7, 11) is 2.94. The third kappa shape index (κ3) is 2.86. The molecule has 0 unspecified atom stereocenters. The highest BCUT2D eigenvalue weighted by Crippen LogP contribution is 2.31. The van der Waals surface area contributed by atoms with Crippen LogP contribution >= 0.6 is 11.6 Å². The van der Waals surface area contributed by atoms with Crippen LogP contribution < -0.4 is 26.3 Å². The van der Waals surface area contributed by atoms with Gasteiger partial charge < -0.3 is 9.47 Å². The molecule has 130 valence electrons. The number of nitrogens with two attached hydrogens (primary N) is 1. The minimum atomic E-state index is -0.596. The lowest BCUT2D eigenvalue weighted by atomic mass is 10.2. The first-order valence-corrected chi connectivity index (χ1v) is 7.48. The molecule has 0 aliphatic carbocycles. The Hall–Kier alpha value is -2.84. The highest BCUT2D eigenvalue weighted by atomic mass is 35.5. The van der Waals surface area contributed by atoms with Gasteiger partial charge >= 0.3 is 0 Å². The van der Waals surface area contributed by atoms with Crippen molar-refractivity contribution in [2.45, 2.75) is 0 Å². The predicted octanol–water partition coefficient (Wildman–Crippen LogP) is 2.48. The van der Waals surface area contributed by atoms with Gasteiger partial charge in [0, 0.05) is 6.07 Å². The second-order valence-electron chi connectivity index (χ2n) is 5.04. The molecule has 0 radical (unpaired) electrons. The number of ether oxygens (including phenoxy) is 2. The fourth-order valence-corrected chi connectivity index (χ4v) is 2.65. The van der Waals surface area contributed by atoms with Crippen molar-refractivity contribution in [1.82, 2.24) is 9.55 Å². The molecule has 0 bridgehead atoms. The highest BCUT2D eigenvalue weighted by Gasteiger charge is 2.16. The second-order valence-corrected chi connectivity index (χ2v) is 5.45. The van der Waals surface area contributed by atoms with Gasteiger partial charge in [0.25, 0.3) is 5.56 Å². The Balaban J connectivity index is 2.36. The van der Waals surface area contributed by atoms with Gasteiger partial charge in [-0.25, -0.2) is 19.8 Å². The average molecular weight is 365 g/mol. The smallest absolute Gasteiger partial charge is 0.267 e. The number of hydrogen-bond acceptors (Lipinski definition) is 6. The van der Waals surface area contributed by atoms with Gasteiger partial charge in [0.1, 0.15) is 5.82 Å². The van der Waals surface area contributed by atoms with Crippen molar-refractivity contribution >= 4 is 28.5 Å². The Kier molecular flexibility index (Phi) is 4.47. The molecule has 0 spiro atoms. The molecule has 3 aromatic rings. The van der Waals surface area contributed by atoms with Crippen LogP contribution in [0.15, 0.2) is 35.1 Å². The minimum Gasteiger partial charge on any atom is -0.493 e. The molecule has 2 aromatic carbocycles.